The molecule has 0 saturated carbocycles. The van der Waals surface area contributed by atoms with Crippen LogP contribution in [0.2, 0.25) is 0 Å². The molecule has 0 radical (unpaired) electrons. The van der Waals surface area contributed by atoms with E-state index in [4.69, 9.17) is 18.9 Å². The van der Waals surface area contributed by atoms with E-state index >= 15 is 0 Å². The van der Waals surface area contributed by atoms with Gasteiger partial charge >= 0.3 is 6.09 Å². The van der Waals surface area contributed by atoms with Gasteiger partial charge in [-0.25, -0.2) is 4.79 Å². The monoisotopic (exact) mass is 383 g/mol. The van der Waals surface area contributed by atoms with Crippen molar-refractivity contribution in [3.63, 3.8) is 0 Å². The Kier molecular flexibility index (Phi) is 12.6. The maximum absolute atomic E-state index is 11.8. The lowest BCUT2D eigenvalue weighted by atomic mass is 10.2. The molecule has 0 aliphatic carbocycles. The third-order valence-corrected chi connectivity index (χ3v) is 3.24. The Hall–Kier alpha value is -2.23. The van der Waals surface area contributed by atoms with Gasteiger partial charge in [0.2, 0.25) is 0 Å². The molecule has 0 saturated heterocycles. The van der Waals surface area contributed by atoms with Gasteiger partial charge in [0.05, 0.1) is 51.8 Å². The lowest BCUT2D eigenvalue weighted by Gasteiger charge is -2.08. The summed E-state index contributed by atoms with van der Waals surface area (Å²) in [6, 6.07) is 3.53. The molecular formula is C18H29N3O6. The van der Waals surface area contributed by atoms with Gasteiger partial charge in [0, 0.05) is 25.0 Å². The lowest BCUT2D eigenvalue weighted by Crippen LogP contribution is -2.28. The molecule has 152 valence electrons. The summed E-state index contributed by atoms with van der Waals surface area (Å²) in [6.07, 6.45) is 1.11. The van der Waals surface area contributed by atoms with Crippen molar-refractivity contribution in [1.82, 2.24) is 15.6 Å². The average Bonchev–Trinajstić information content (AvgIpc) is 2.66. The van der Waals surface area contributed by atoms with E-state index in [1.807, 2.05) is 6.92 Å². The van der Waals surface area contributed by atoms with Gasteiger partial charge in [-0.2, -0.15) is 0 Å². The molecule has 1 aromatic heterocycles. The minimum Gasteiger partial charge on any atom is -0.450 e. The van der Waals surface area contributed by atoms with Gasteiger partial charge in [-0.1, -0.05) is 0 Å². The van der Waals surface area contributed by atoms with Crippen molar-refractivity contribution in [2.24, 2.45) is 0 Å². The van der Waals surface area contributed by atoms with E-state index < -0.39 is 6.09 Å². The molecule has 2 N–H and O–H groups in total. The number of aromatic nitrogens is 1. The number of carbonyl (C=O) groups excluding carboxylic acids is 2. The molecule has 0 fully saturated rings. The Morgan fingerprint density at radius 3 is 2.07 bits per heavy atom. The Labute approximate surface area is 159 Å². The highest BCUT2D eigenvalue weighted by Crippen LogP contribution is 1.98. The number of rotatable bonds is 14. The van der Waals surface area contributed by atoms with Crippen molar-refractivity contribution in [3.8, 4) is 0 Å². The van der Waals surface area contributed by atoms with Crippen LogP contribution in [-0.2, 0) is 18.9 Å². The van der Waals surface area contributed by atoms with Crippen LogP contribution < -0.4 is 10.6 Å². The highest BCUT2D eigenvalue weighted by Gasteiger charge is 2.04. The first-order chi connectivity index (χ1) is 13.1. The smallest absolute Gasteiger partial charge is 0.407 e. The van der Waals surface area contributed by atoms with Crippen LogP contribution in [-0.4, -0.2) is 76.3 Å². The van der Waals surface area contributed by atoms with E-state index in [0.29, 0.717) is 64.9 Å². The van der Waals surface area contributed by atoms with Crippen molar-refractivity contribution in [2.45, 2.75) is 13.8 Å². The molecule has 0 aromatic carbocycles. The zero-order valence-electron chi connectivity index (χ0n) is 16.0. The molecule has 0 aliphatic heterocycles. The second-order valence-electron chi connectivity index (χ2n) is 5.43. The summed E-state index contributed by atoms with van der Waals surface area (Å²) in [6.45, 7) is 7.34. The molecule has 0 atom stereocenters. The molecule has 0 aliphatic rings. The molecule has 1 aromatic rings. The summed E-state index contributed by atoms with van der Waals surface area (Å²) >= 11 is 0. The predicted molar refractivity (Wildman–Crippen MR) is 98.8 cm³/mol. The quantitative estimate of drug-likeness (QED) is 0.460. The fourth-order valence-corrected chi connectivity index (χ4v) is 1.89. The van der Waals surface area contributed by atoms with Crippen molar-refractivity contribution in [2.75, 3.05) is 59.3 Å². The fourth-order valence-electron chi connectivity index (χ4n) is 1.89. The third-order valence-electron chi connectivity index (χ3n) is 3.24. The van der Waals surface area contributed by atoms with Crippen LogP contribution in [0.5, 0.6) is 0 Å². The minimum atomic E-state index is -0.443. The Balaban J connectivity index is 1.84. The average molecular weight is 383 g/mol. The molecule has 0 spiro atoms. The lowest BCUT2D eigenvalue weighted by molar-refractivity contribution is 0.0157. The van der Waals surface area contributed by atoms with Crippen molar-refractivity contribution in [1.29, 1.82) is 0 Å². The van der Waals surface area contributed by atoms with Crippen molar-refractivity contribution in [3.05, 3.63) is 29.6 Å². The molecule has 0 unspecified atom stereocenters. The number of nitrogens with one attached hydrogen (secondary N) is 2. The third kappa shape index (κ3) is 11.9. The fraction of sp³-hybridized carbons (Fsp3) is 0.611. The van der Waals surface area contributed by atoms with E-state index in [-0.39, 0.29) is 5.91 Å². The molecule has 9 nitrogen and oxygen atoms in total. The number of pyridine rings is 1. The Morgan fingerprint density at radius 1 is 0.926 bits per heavy atom. The molecular weight excluding hydrogens is 354 g/mol. The van der Waals surface area contributed by atoms with Crippen LogP contribution in [0, 0.1) is 6.92 Å². The number of hydrogen-bond acceptors (Lipinski definition) is 7. The van der Waals surface area contributed by atoms with Gasteiger partial charge in [-0.05, 0) is 26.0 Å². The van der Waals surface area contributed by atoms with Crippen LogP contribution in [0.4, 0.5) is 4.79 Å². The van der Waals surface area contributed by atoms with Crippen LogP contribution in [0.25, 0.3) is 0 Å². The van der Waals surface area contributed by atoms with Crippen LogP contribution in [0.3, 0.4) is 0 Å². The first-order valence-corrected chi connectivity index (χ1v) is 8.98. The summed E-state index contributed by atoms with van der Waals surface area (Å²) in [5.41, 5.74) is 1.40. The second-order valence-corrected chi connectivity index (χ2v) is 5.43. The first kappa shape index (κ1) is 22.8. The molecule has 0 bridgehead atoms. The van der Waals surface area contributed by atoms with Gasteiger partial charge in [0.25, 0.3) is 5.91 Å². The number of aryl methyl sites for hydroxylation is 1. The van der Waals surface area contributed by atoms with E-state index in [2.05, 4.69) is 15.6 Å². The van der Waals surface area contributed by atoms with Gasteiger partial charge in [-0.15, -0.1) is 0 Å². The minimum absolute atomic E-state index is 0.169. The molecule has 1 rings (SSSR count). The number of carbonyl (C=O) groups is 2. The van der Waals surface area contributed by atoms with E-state index in [0.717, 1.165) is 5.69 Å². The first-order valence-electron chi connectivity index (χ1n) is 8.98. The number of alkyl carbamates (subject to hydrolysis) is 1. The SMILES string of the molecule is CCOC(=O)NCCOCCOCCOCCNC(=O)c1ccc(C)nc1. The number of hydrogen-bond donors (Lipinski definition) is 2. The highest BCUT2D eigenvalue weighted by molar-refractivity contribution is 5.93. The zero-order valence-corrected chi connectivity index (χ0v) is 16.0. The Morgan fingerprint density at radius 2 is 1.52 bits per heavy atom. The summed E-state index contributed by atoms with van der Waals surface area (Å²) in [4.78, 5) is 26.9. The van der Waals surface area contributed by atoms with Gasteiger partial charge in [-0.3, -0.25) is 9.78 Å². The van der Waals surface area contributed by atoms with Crippen molar-refractivity contribution < 1.29 is 28.5 Å². The number of ether oxygens (including phenoxy) is 4. The predicted octanol–water partition coefficient (Wildman–Crippen LogP) is 0.916. The summed E-state index contributed by atoms with van der Waals surface area (Å²) in [7, 11) is 0. The normalized spacial score (nSPS) is 10.4. The number of nitrogens with zero attached hydrogens (tertiary/aromatic N) is 1. The summed E-state index contributed by atoms with van der Waals surface area (Å²) in [5.74, 6) is -0.169. The summed E-state index contributed by atoms with van der Waals surface area (Å²) < 4.78 is 20.7. The Bertz CT molecular complexity index is 538. The largest absolute Gasteiger partial charge is 0.450 e. The van der Waals surface area contributed by atoms with E-state index in [1.54, 1.807) is 25.3 Å². The van der Waals surface area contributed by atoms with Crippen LogP contribution in [0.15, 0.2) is 18.3 Å². The zero-order chi connectivity index (χ0) is 19.7. The second kappa shape index (κ2) is 14.9. The van der Waals surface area contributed by atoms with Crippen LogP contribution in [0.1, 0.15) is 23.0 Å². The molecule has 1 heterocycles. The number of amides is 2. The van der Waals surface area contributed by atoms with Crippen molar-refractivity contribution >= 4 is 12.0 Å². The van der Waals surface area contributed by atoms with Gasteiger partial charge < -0.3 is 29.6 Å². The molecule has 2 amide bonds. The maximum Gasteiger partial charge on any atom is 0.407 e. The van der Waals surface area contributed by atoms with Gasteiger partial charge in [0.15, 0.2) is 0 Å². The van der Waals surface area contributed by atoms with Gasteiger partial charge in [0.1, 0.15) is 0 Å². The van der Waals surface area contributed by atoms with E-state index in [9.17, 15) is 9.59 Å². The molecule has 9 heteroatoms. The standard InChI is InChI=1S/C18H29N3O6/c1-3-27-18(23)20-7-9-25-11-13-26-12-10-24-8-6-19-17(22)16-5-4-15(2)21-14-16/h4-5,14H,3,6-13H2,1-2H3,(H,19,22)(H,20,23). The van der Waals surface area contributed by atoms with E-state index in [1.165, 1.54) is 0 Å². The topological polar surface area (TPSA) is 108 Å². The molecule has 27 heavy (non-hydrogen) atoms. The maximum atomic E-state index is 11.8. The highest BCUT2D eigenvalue weighted by atomic mass is 16.6. The van der Waals surface area contributed by atoms with Crippen LogP contribution >= 0.6 is 0 Å². The summed E-state index contributed by atoms with van der Waals surface area (Å²) in [5, 5.41) is 5.32.